The minimum Gasteiger partial charge on any atom is -0.341 e. The van der Waals surface area contributed by atoms with Crippen molar-refractivity contribution in [1.29, 1.82) is 0 Å². The standard InChI is InChI=1S/C15H31N3O/c1-4-9-18(11-10-17(2)3)15(19)14-7-5-13(12-16)6-8-14/h13-14H,4-12,16H2,1-3H3. The molecule has 1 rings (SSSR count). The number of carbonyl (C=O) groups excluding carboxylic acids is 1. The molecule has 1 saturated carbocycles. The molecule has 0 heterocycles. The Labute approximate surface area is 118 Å². The molecule has 112 valence electrons. The van der Waals surface area contributed by atoms with E-state index < -0.39 is 0 Å². The molecular formula is C15H31N3O. The molecule has 0 bridgehead atoms. The second-order valence-electron chi connectivity index (χ2n) is 6.08. The van der Waals surface area contributed by atoms with Crippen molar-refractivity contribution in [3.8, 4) is 0 Å². The Hall–Kier alpha value is -0.610. The zero-order valence-corrected chi connectivity index (χ0v) is 12.9. The minimum atomic E-state index is 0.247. The number of likely N-dealkylation sites (N-methyl/N-ethyl adjacent to an activating group) is 1. The minimum absolute atomic E-state index is 0.247. The van der Waals surface area contributed by atoms with Crippen LogP contribution in [0.2, 0.25) is 0 Å². The highest BCUT2D eigenvalue weighted by Gasteiger charge is 2.28. The van der Waals surface area contributed by atoms with Gasteiger partial charge in [0.1, 0.15) is 0 Å². The van der Waals surface area contributed by atoms with Gasteiger partial charge in [-0.05, 0) is 58.7 Å². The van der Waals surface area contributed by atoms with Gasteiger partial charge in [-0.15, -0.1) is 0 Å². The molecular weight excluding hydrogens is 238 g/mol. The van der Waals surface area contributed by atoms with Gasteiger partial charge < -0.3 is 15.5 Å². The highest BCUT2D eigenvalue weighted by molar-refractivity contribution is 5.78. The van der Waals surface area contributed by atoms with Crippen LogP contribution in [-0.2, 0) is 4.79 Å². The molecule has 0 aromatic rings. The van der Waals surface area contributed by atoms with Crippen LogP contribution >= 0.6 is 0 Å². The molecule has 0 saturated heterocycles. The van der Waals surface area contributed by atoms with E-state index in [0.29, 0.717) is 11.8 Å². The van der Waals surface area contributed by atoms with Gasteiger partial charge in [0.25, 0.3) is 0 Å². The summed E-state index contributed by atoms with van der Waals surface area (Å²) in [4.78, 5) is 16.8. The number of hydrogen-bond acceptors (Lipinski definition) is 3. The van der Waals surface area contributed by atoms with Gasteiger partial charge in [-0.3, -0.25) is 4.79 Å². The van der Waals surface area contributed by atoms with E-state index in [1.165, 1.54) is 0 Å². The number of nitrogens with two attached hydrogens (primary N) is 1. The van der Waals surface area contributed by atoms with E-state index in [0.717, 1.165) is 58.3 Å². The molecule has 0 unspecified atom stereocenters. The van der Waals surface area contributed by atoms with Gasteiger partial charge in [-0.25, -0.2) is 0 Å². The summed E-state index contributed by atoms with van der Waals surface area (Å²) >= 11 is 0. The SMILES string of the molecule is CCCN(CCN(C)C)C(=O)C1CCC(CN)CC1. The quantitative estimate of drug-likeness (QED) is 0.763. The van der Waals surface area contributed by atoms with Crippen LogP contribution < -0.4 is 5.73 Å². The normalized spacial score (nSPS) is 23.6. The second kappa shape index (κ2) is 8.54. The Morgan fingerprint density at radius 2 is 1.74 bits per heavy atom. The lowest BCUT2D eigenvalue weighted by molar-refractivity contribution is -0.137. The fraction of sp³-hybridized carbons (Fsp3) is 0.933. The molecule has 1 amide bonds. The van der Waals surface area contributed by atoms with Crippen LogP contribution in [0.15, 0.2) is 0 Å². The first kappa shape index (κ1) is 16.4. The summed E-state index contributed by atoms with van der Waals surface area (Å²) < 4.78 is 0. The van der Waals surface area contributed by atoms with Gasteiger partial charge in [0, 0.05) is 25.6 Å². The Bertz CT molecular complexity index is 260. The van der Waals surface area contributed by atoms with Crippen LogP contribution in [0.3, 0.4) is 0 Å². The summed E-state index contributed by atoms with van der Waals surface area (Å²) in [7, 11) is 4.11. The number of rotatable bonds is 7. The maximum absolute atomic E-state index is 12.6. The van der Waals surface area contributed by atoms with Crippen molar-refractivity contribution in [3.63, 3.8) is 0 Å². The first-order chi connectivity index (χ1) is 9.08. The number of carbonyl (C=O) groups is 1. The molecule has 4 heteroatoms. The van der Waals surface area contributed by atoms with Crippen molar-refractivity contribution in [2.24, 2.45) is 17.6 Å². The third-order valence-electron chi connectivity index (χ3n) is 4.15. The van der Waals surface area contributed by atoms with Crippen LogP contribution in [-0.4, -0.2) is 56.0 Å². The third-order valence-corrected chi connectivity index (χ3v) is 4.15. The molecule has 0 aromatic carbocycles. The lowest BCUT2D eigenvalue weighted by Crippen LogP contribution is -2.42. The molecule has 0 aromatic heterocycles. The average Bonchev–Trinajstić information content (AvgIpc) is 2.42. The van der Waals surface area contributed by atoms with Gasteiger partial charge in [0.15, 0.2) is 0 Å². The van der Waals surface area contributed by atoms with Crippen molar-refractivity contribution < 1.29 is 4.79 Å². The molecule has 4 nitrogen and oxygen atoms in total. The summed E-state index contributed by atoms with van der Waals surface area (Å²) in [5.74, 6) is 1.26. The second-order valence-corrected chi connectivity index (χ2v) is 6.08. The first-order valence-corrected chi connectivity index (χ1v) is 7.72. The van der Waals surface area contributed by atoms with Crippen molar-refractivity contribution >= 4 is 5.91 Å². The van der Waals surface area contributed by atoms with Crippen LogP contribution in [0.1, 0.15) is 39.0 Å². The topological polar surface area (TPSA) is 49.6 Å². The molecule has 0 spiro atoms. The molecule has 19 heavy (non-hydrogen) atoms. The fourth-order valence-corrected chi connectivity index (χ4v) is 2.83. The van der Waals surface area contributed by atoms with Gasteiger partial charge in [0.2, 0.25) is 5.91 Å². The largest absolute Gasteiger partial charge is 0.341 e. The van der Waals surface area contributed by atoms with Crippen LogP contribution in [0.5, 0.6) is 0 Å². The predicted octanol–water partition coefficient (Wildman–Crippen LogP) is 1.55. The Morgan fingerprint density at radius 3 is 2.21 bits per heavy atom. The lowest BCUT2D eigenvalue weighted by Gasteiger charge is -2.32. The highest BCUT2D eigenvalue weighted by Crippen LogP contribution is 2.29. The fourth-order valence-electron chi connectivity index (χ4n) is 2.83. The van der Waals surface area contributed by atoms with Crippen LogP contribution in [0.25, 0.3) is 0 Å². The number of hydrogen-bond donors (Lipinski definition) is 1. The summed E-state index contributed by atoms with van der Waals surface area (Å²) in [6.45, 7) is 5.62. The zero-order chi connectivity index (χ0) is 14.3. The molecule has 1 aliphatic carbocycles. The van der Waals surface area contributed by atoms with E-state index in [1.54, 1.807) is 0 Å². The van der Waals surface area contributed by atoms with Crippen LogP contribution in [0, 0.1) is 11.8 Å². The molecule has 1 aliphatic rings. The maximum Gasteiger partial charge on any atom is 0.225 e. The third kappa shape index (κ3) is 5.49. The van der Waals surface area contributed by atoms with Gasteiger partial charge >= 0.3 is 0 Å². The van der Waals surface area contributed by atoms with Crippen molar-refractivity contribution in [2.45, 2.75) is 39.0 Å². The molecule has 1 fully saturated rings. The monoisotopic (exact) mass is 269 g/mol. The smallest absolute Gasteiger partial charge is 0.225 e. The van der Waals surface area contributed by atoms with Gasteiger partial charge in [-0.2, -0.15) is 0 Å². The zero-order valence-electron chi connectivity index (χ0n) is 12.9. The maximum atomic E-state index is 12.6. The van der Waals surface area contributed by atoms with Gasteiger partial charge in [0.05, 0.1) is 0 Å². The Kier molecular flexibility index (Phi) is 7.39. The predicted molar refractivity (Wildman–Crippen MR) is 79.9 cm³/mol. The van der Waals surface area contributed by atoms with E-state index >= 15 is 0 Å². The number of nitrogens with zero attached hydrogens (tertiary/aromatic N) is 2. The first-order valence-electron chi connectivity index (χ1n) is 7.72. The van der Waals surface area contributed by atoms with Crippen molar-refractivity contribution in [3.05, 3.63) is 0 Å². The molecule has 0 atom stereocenters. The molecule has 2 N–H and O–H groups in total. The average molecular weight is 269 g/mol. The summed E-state index contributed by atoms with van der Waals surface area (Å²) in [5.41, 5.74) is 5.71. The van der Waals surface area contributed by atoms with Crippen molar-refractivity contribution in [1.82, 2.24) is 9.80 Å². The number of amides is 1. The molecule has 0 aliphatic heterocycles. The summed E-state index contributed by atoms with van der Waals surface area (Å²) in [6.07, 6.45) is 5.35. The van der Waals surface area contributed by atoms with Crippen LogP contribution in [0.4, 0.5) is 0 Å². The van der Waals surface area contributed by atoms with Crippen molar-refractivity contribution in [2.75, 3.05) is 40.3 Å². The summed E-state index contributed by atoms with van der Waals surface area (Å²) in [5, 5.41) is 0. The van der Waals surface area contributed by atoms with E-state index in [-0.39, 0.29) is 5.92 Å². The lowest BCUT2D eigenvalue weighted by atomic mass is 9.81. The van der Waals surface area contributed by atoms with E-state index in [4.69, 9.17) is 5.73 Å². The van der Waals surface area contributed by atoms with E-state index in [9.17, 15) is 4.79 Å². The molecule has 0 radical (unpaired) electrons. The van der Waals surface area contributed by atoms with Gasteiger partial charge in [-0.1, -0.05) is 6.92 Å². The Morgan fingerprint density at radius 1 is 1.11 bits per heavy atom. The summed E-state index contributed by atoms with van der Waals surface area (Å²) in [6, 6.07) is 0. The Balaban J connectivity index is 2.47. The van der Waals surface area contributed by atoms with E-state index in [2.05, 4.69) is 30.8 Å². The van der Waals surface area contributed by atoms with E-state index in [1.807, 2.05) is 0 Å². The highest BCUT2D eigenvalue weighted by atomic mass is 16.2.